The Kier molecular flexibility index (Phi) is 3.46. The number of aliphatic hydroxyl groups is 1. The lowest BCUT2D eigenvalue weighted by molar-refractivity contribution is 0.265. The van der Waals surface area contributed by atoms with E-state index in [0.29, 0.717) is 0 Å². The third-order valence-corrected chi connectivity index (χ3v) is 4.42. The number of hydrogen-bond donors (Lipinski definition) is 1. The molecule has 0 unspecified atom stereocenters. The van der Waals surface area contributed by atoms with Crippen molar-refractivity contribution in [3.8, 4) is 11.1 Å². The van der Waals surface area contributed by atoms with Gasteiger partial charge in [0.2, 0.25) is 0 Å². The maximum Gasteiger partial charge on any atom is 0.165 e. The first kappa shape index (κ1) is 14.1. The van der Waals surface area contributed by atoms with Crippen molar-refractivity contribution in [2.45, 2.75) is 18.9 Å². The third-order valence-electron chi connectivity index (χ3n) is 4.42. The number of rotatable bonds is 3. The van der Waals surface area contributed by atoms with Crippen LogP contribution in [0.1, 0.15) is 12.8 Å². The third kappa shape index (κ3) is 2.35. The first-order valence-corrected chi connectivity index (χ1v) is 7.74. The Morgan fingerprint density at radius 3 is 2.83 bits per heavy atom. The van der Waals surface area contributed by atoms with E-state index in [2.05, 4.69) is 15.0 Å². The summed E-state index contributed by atoms with van der Waals surface area (Å²) in [6.45, 7) is 1.03. The fraction of sp³-hybridized carbons (Fsp3) is 0.294. The van der Waals surface area contributed by atoms with E-state index < -0.39 is 0 Å². The molecule has 4 rings (SSSR count). The number of anilines is 1. The standard InChI is InChI=1S/C17H17FN4O/c18-13-5-3-12(4-6-13)15-10-20-22-16(7-8-19-17(15)22)21-9-1-2-14(21)11-23/h3-8,10,14,23H,1-2,9,11H2/t14-/m0/s1. The fourth-order valence-corrected chi connectivity index (χ4v) is 3.26. The van der Waals surface area contributed by atoms with Gasteiger partial charge in [-0.15, -0.1) is 0 Å². The number of benzene rings is 1. The zero-order valence-electron chi connectivity index (χ0n) is 12.6. The van der Waals surface area contributed by atoms with Crippen LogP contribution in [0.2, 0.25) is 0 Å². The molecule has 0 aliphatic carbocycles. The van der Waals surface area contributed by atoms with Gasteiger partial charge in [-0.3, -0.25) is 0 Å². The average molecular weight is 312 g/mol. The second kappa shape index (κ2) is 5.62. The largest absolute Gasteiger partial charge is 0.394 e. The molecular formula is C17H17FN4O. The maximum absolute atomic E-state index is 13.1. The van der Waals surface area contributed by atoms with E-state index >= 15 is 0 Å². The molecule has 1 aromatic carbocycles. The van der Waals surface area contributed by atoms with Gasteiger partial charge < -0.3 is 10.0 Å². The van der Waals surface area contributed by atoms with Gasteiger partial charge in [-0.25, -0.2) is 9.37 Å². The van der Waals surface area contributed by atoms with Gasteiger partial charge in [-0.05, 0) is 36.6 Å². The zero-order valence-corrected chi connectivity index (χ0v) is 12.6. The molecule has 0 amide bonds. The highest BCUT2D eigenvalue weighted by Crippen LogP contribution is 2.29. The zero-order chi connectivity index (χ0) is 15.8. The first-order chi connectivity index (χ1) is 11.3. The number of aromatic nitrogens is 3. The van der Waals surface area contributed by atoms with Crippen LogP contribution in [-0.4, -0.2) is 38.9 Å². The molecule has 0 bridgehead atoms. The number of aliphatic hydroxyl groups excluding tert-OH is 1. The molecular weight excluding hydrogens is 295 g/mol. The number of nitrogens with zero attached hydrogens (tertiary/aromatic N) is 4. The Balaban J connectivity index is 1.82. The minimum atomic E-state index is -0.262. The van der Waals surface area contributed by atoms with Gasteiger partial charge >= 0.3 is 0 Å². The van der Waals surface area contributed by atoms with E-state index in [1.165, 1.54) is 12.1 Å². The Hall–Kier alpha value is -2.47. The average Bonchev–Trinajstić information content (AvgIpc) is 3.22. The van der Waals surface area contributed by atoms with Gasteiger partial charge in [0.1, 0.15) is 11.6 Å². The van der Waals surface area contributed by atoms with E-state index in [9.17, 15) is 9.50 Å². The van der Waals surface area contributed by atoms with Crippen molar-refractivity contribution < 1.29 is 9.50 Å². The molecule has 0 spiro atoms. The van der Waals surface area contributed by atoms with Crippen LogP contribution in [0.15, 0.2) is 42.7 Å². The predicted octanol–water partition coefficient (Wildman–Crippen LogP) is 2.50. The van der Waals surface area contributed by atoms with Crippen molar-refractivity contribution in [2.24, 2.45) is 0 Å². The van der Waals surface area contributed by atoms with Crippen molar-refractivity contribution in [3.05, 3.63) is 48.5 Å². The van der Waals surface area contributed by atoms with E-state index in [1.807, 2.05) is 6.07 Å². The highest BCUT2D eigenvalue weighted by Gasteiger charge is 2.26. The molecule has 5 nitrogen and oxygen atoms in total. The van der Waals surface area contributed by atoms with Gasteiger partial charge in [-0.2, -0.15) is 9.61 Å². The van der Waals surface area contributed by atoms with Crippen LogP contribution < -0.4 is 4.90 Å². The van der Waals surface area contributed by atoms with Gasteiger partial charge in [-0.1, -0.05) is 12.1 Å². The molecule has 6 heteroatoms. The minimum absolute atomic E-state index is 0.124. The number of hydrogen-bond acceptors (Lipinski definition) is 4. The van der Waals surface area contributed by atoms with Crippen molar-refractivity contribution in [1.82, 2.24) is 14.6 Å². The summed E-state index contributed by atoms with van der Waals surface area (Å²) in [5.41, 5.74) is 2.48. The van der Waals surface area contributed by atoms with E-state index in [-0.39, 0.29) is 18.5 Å². The molecule has 1 atom stereocenters. The quantitative estimate of drug-likeness (QED) is 0.807. The summed E-state index contributed by atoms with van der Waals surface area (Å²) in [6.07, 6.45) is 5.54. The summed E-state index contributed by atoms with van der Waals surface area (Å²) in [5, 5.41) is 14.0. The van der Waals surface area contributed by atoms with Gasteiger partial charge in [0.25, 0.3) is 0 Å². The van der Waals surface area contributed by atoms with Crippen molar-refractivity contribution >= 4 is 11.5 Å². The molecule has 0 radical (unpaired) electrons. The molecule has 2 aromatic heterocycles. The summed E-state index contributed by atoms with van der Waals surface area (Å²) >= 11 is 0. The van der Waals surface area contributed by atoms with Crippen LogP contribution in [-0.2, 0) is 0 Å². The molecule has 1 N–H and O–H groups in total. The Bertz CT molecular complexity index is 830. The summed E-state index contributed by atoms with van der Waals surface area (Å²) in [5.74, 6) is 0.668. The monoisotopic (exact) mass is 312 g/mol. The van der Waals surface area contributed by atoms with Crippen molar-refractivity contribution in [1.29, 1.82) is 0 Å². The number of halogens is 1. The molecule has 1 saturated heterocycles. The second-order valence-corrected chi connectivity index (χ2v) is 5.78. The SMILES string of the molecule is OC[C@@H]1CCCN1c1ccnc2c(-c3ccc(F)cc3)cnn12. The van der Waals surface area contributed by atoms with Crippen LogP contribution in [0, 0.1) is 5.82 Å². The normalized spacial score (nSPS) is 18.0. The summed E-state index contributed by atoms with van der Waals surface area (Å²) in [7, 11) is 0. The van der Waals surface area contributed by atoms with E-state index in [4.69, 9.17) is 0 Å². The lowest BCUT2D eigenvalue weighted by atomic mass is 10.1. The summed E-state index contributed by atoms with van der Waals surface area (Å²) < 4.78 is 14.9. The molecule has 118 valence electrons. The Labute approximate surface area is 133 Å². The summed E-state index contributed by atoms with van der Waals surface area (Å²) in [4.78, 5) is 6.62. The highest BCUT2D eigenvalue weighted by atomic mass is 19.1. The smallest absolute Gasteiger partial charge is 0.165 e. The molecule has 0 saturated carbocycles. The minimum Gasteiger partial charge on any atom is -0.394 e. The fourth-order valence-electron chi connectivity index (χ4n) is 3.26. The molecule has 1 aliphatic rings. The van der Waals surface area contributed by atoms with Crippen LogP contribution in [0.4, 0.5) is 10.2 Å². The lowest BCUT2D eigenvalue weighted by Gasteiger charge is -2.25. The van der Waals surface area contributed by atoms with Crippen LogP contribution >= 0.6 is 0 Å². The van der Waals surface area contributed by atoms with Gasteiger partial charge in [0.15, 0.2) is 5.65 Å². The van der Waals surface area contributed by atoms with Crippen LogP contribution in [0.3, 0.4) is 0 Å². The second-order valence-electron chi connectivity index (χ2n) is 5.78. The van der Waals surface area contributed by atoms with E-state index in [0.717, 1.165) is 42.0 Å². The lowest BCUT2D eigenvalue weighted by Crippen LogP contribution is -2.33. The topological polar surface area (TPSA) is 53.7 Å². The maximum atomic E-state index is 13.1. The van der Waals surface area contributed by atoms with Gasteiger partial charge in [0, 0.05) is 18.3 Å². The molecule has 1 aliphatic heterocycles. The van der Waals surface area contributed by atoms with Crippen molar-refractivity contribution in [2.75, 3.05) is 18.1 Å². The van der Waals surface area contributed by atoms with Crippen LogP contribution in [0.25, 0.3) is 16.8 Å². The van der Waals surface area contributed by atoms with Crippen LogP contribution in [0.5, 0.6) is 0 Å². The first-order valence-electron chi connectivity index (χ1n) is 7.74. The van der Waals surface area contributed by atoms with E-state index in [1.54, 1.807) is 29.0 Å². The van der Waals surface area contributed by atoms with Gasteiger partial charge in [0.05, 0.1) is 18.8 Å². The summed E-state index contributed by atoms with van der Waals surface area (Å²) in [6, 6.07) is 8.37. The number of fused-ring (bicyclic) bond motifs is 1. The Morgan fingerprint density at radius 2 is 2.04 bits per heavy atom. The van der Waals surface area contributed by atoms with Crippen molar-refractivity contribution in [3.63, 3.8) is 0 Å². The molecule has 23 heavy (non-hydrogen) atoms. The predicted molar refractivity (Wildman–Crippen MR) is 85.8 cm³/mol. The molecule has 1 fully saturated rings. The highest BCUT2D eigenvalue weighted by molar-refractivity contribution is 5.78. The Morgan fingerprint density at radius 1 is 1.22 bits per heavy atom. The molecule has 3 heterocycles. The molecule has 3 aromatic rings.